The van der Waals surface area contributed by atoms with E-state index in [1.165, 1.54) is 29.6 Å². The lowest BCUT2D eigenvalue weighted by Gasteiger charge is -2.33. The second-order valence-electron chi connectivity index (χ2n) is 6.95. The Morgan fingerprint density at radius 3 is 2.52 bits per heavy atom. The number of sulfonamides is 1. The van der Waals surface area contributed by atoms with Crippen LogP contribution in [0.3, 0.4) is 0 Å². The number of hydrogen-bond acceptors (Lipinski definition) is 5. The van der Waals surface area contributed by atoms with Crippen LogP contribution in [-0.4, -0.2) is 44.3 Å². The van der Waals surface area contributed by atoms with Crippen LogP contribution in [-0.2, 0) is 19.6 Å². The van der Waals surface area contributed by atoms with Gasteiger partial charge in [-0.1, -0.05) is 30.7 Å². The van der Waals surface area contributed by atoms with Crippen molar-refractivity contribution in [1.82, 2.24) is 4.31 Å². The zero-order valence-electron chi connectivity index (χ0n) is 16.4. The van der Waals surface area contributed by atoms with Crippen LogP contribution in [0.2, 0.25) is 0 Å². The van der Waals surface area contributed by atoms with Gasteiger partial charge < -0.3 is 10.1 Å². The highest BCUT2D eigenvalue weighted by Crippen LogP contribution is 2.27. The molecular formula is C21H24N2O5S. The number of rotatable bonds is 5. The van der Waals surface area contributed by atoms with E-state index in [1.807, 2.05) is 0 Å². The van der Waals surface area contributed by atoms with Crippen molar-refractivity contribution < 1.29 is 22.7 Å². The predicted molar refractivity (Wildman–Crippen MR) is 109 cm³/mol. The molecule has 1 atom stereocenters. The van der Waals surface area contributed by atoms with Crippen LogP contribution in [0.5, 0.6) is 0 Å². The SMILES string of the molecule is COC(=O)c1ccc(C)c(NC(=O)C2CCCCN2S(=O)(=O)c2ccccc2)c1. The summed E-state index contributed by atoms with van der Waals surface area (Å²) in [4.78, 5) is 25.0. The van der Waals surface area contributed by atoms with Gasteiger partial charge in [0.15, 0.2) is 0 Å². The van der Waals surface area contributed by atoms with E-state index in [0.29, 0.717) is 24.1 Å². The number of amides is 1. The fourth-order valence-electron chi connectivity index (χ4n) is 3.40. The molecule has 1 aliphatic heterocycles. The molecule has 1 amide bonds. The molecule has 1 unspecified atom stereocenters. The summed E-state index contributed by atoms with van der Waals surface area (Å²) >= 11 is 0. The van der Waals surface area contributed by atoms with Gasteiger partial charge in [0, 0.05) is 12.2 Å². The van der Waals surface area contributed by atoms with Gasteiger partial charge in [0.25, 0.3) is 0 Å². The van der Waals surface area contributed by atoms with Crippen LogP contribution < -0.4 is 5.32 Å². The van der Waals surface area contributed by atoms with Crippen LogP contribution in [0, 0.1) is 6.92 Å². The average molecular weight is 416 g/mol. The van der Waals surface area contributed by atoms with E-state index in [0.717, 1.165) is 12.0 Å². The predicted octanol–water partition coefficient (Wildman–Crippen LogP) is 2.96. The average Bonchev–Trinajstić information content (AvgIpc) is 2.75. The van der Waals surface area contributed by atoms with E-state index in [4.69, 9.17) is 4.74 Å². The molecule has 0 saturated carbocycles. The highest BCUT2D eigenvalue weighted by atomic mass is 32.2. The molecule has 7 nitrogen and oxygen atoms in total. The number of anilines is 1. The summed E-state index contributed by atoms with van der Waals surface area (Å²) in [6.07, 6.45) is 1.90. The van der Waals surface area contributed by atoms with Crippen LogP contribution in [0.15, 0.2) is 53.4 Å². The van der Waals surface area contributed by atoms with Crippen LogP contribution in [0.4, 0.5) is 5.69 Å². The number of nitrogens with one attached hydrogen (secondary N) is 1. The number of carbonyl (C=O) groups excluding carboxylic acids is 2. The first-order valence-corrected chi connectivity index (χ1v) is 10.9. The lowest BCUT2D eigenvalue weighted by atomic mass is 10.0. The number of carbonyl (C=O) groups is 2. The normalized spacial score (nSPS) is 17.5. The first-order chi connectivity index (χ1) is 13.8. The van der Waals surface area contributed by atoms with E-state index >= 15 is 0 Å². The van der Waals surface area contributed by atoms with Crippen molar-refractivity contribution in [2.45, 2.75) is 37.1 Å². The van der Waals surface area contributed by atoms with E-state index in [-0.39, 0.29) is 11.4 Å². The topological polar surface area (TPSA) is 92.8 Å². The molecule has 3 rings (SSSR count). The minimum atomic E-state index is -3.79. The van der Waals surface area contributed by atoms with Gasteiger partial charge in [-0.25, -0.2) is 13.2 Å². The zero-order valence-corrected chi connectivity index (χ0v) is 17.2. The number of nitrogens with zero attached hydrogens (tertiary/aromatic N) is 1. The smallest absolute Gasteiger partial charge is 0.337 e. The molecule has 2 aromatic carbocycles. The monoisotopic (exact) mass is 416 g/mol. The quantitative estimate of drug-likeness (QED) is 0.757. The minimum Gasteiger partial charge on any atom is -0.465 e. The number of esters is 1. The molecule has 1 heterocycles. The van der Waals surface area contributed by atoms with Gasteiger partial charge in [0.1, 0.15) is 6.04 Å². The van der Waals surface area contributed by atoms with E-state index in [9.17, 15) is 18.0 Å². The van der Waals surface area contributed by atoms with Crippen molar-refractivity contribution in [1.29, 1.82) is 0 Å². The Labute approximate surface area is 170 Å². The molecule has 0 radical (unpaired) electrons. The summed E-state index contributed by atoms with van der Waals surface area (Å²) in [6.45, 7) is 2.09. The Balaban J connectivity index is 1.87. The van der Waals surface area contributed by atoms with Gasteiger partial charge in [-0.3, -0.25) is 4.79 Å². The summed E-state index contributed by atoms with van der Waals surface area (Å²) in [5.74, 6) is -0.916. The third kappa shape index (κ3) is 4.49. The molecule has 154 valence electrons. The van der Waals surface area contributed by atoms with Crippen molar-refractivity contribution in [3.05, 3.63) is 59.7 Å². The Morgan fingerprint density at radius 2 is 1.83 bits per heavy atom. The van der Waals surface area contributed by atoms with E-state index in [2.05, 4.69) is 5.32 Å². The maximum atomic E-state index is 13.1. The number of ether oxygens (including phenoxy) is 1. The molecule has 0 spiro atoms. The molecule has 29 heavy (non-hydrogen) atoms. The first kappa shape index (κ1) is 21.0. The molecule has 0 aromatic heterocycles. The summed E-state index contributed by atoms with van der Waals surface area (Å²) in [5.41, 5.74) is 1.53. The number of piperidine rings is 1. The molecule has 1 saturated heterocycles. The largest absolute Gasteiger partial charge is 0.465 e. The molecule has 8 heteroatoms. The van der Waals surface area contributed by atoms with E-state index < -0.39 is 27.9 Å². The lowest BCUT2D eigenvalue weighted by molar-refractivity contribution is -0.120. The summed E-state index contributed by atoms with van der Waals surface area (Å²) in [5, 5.41) is 2.80. The highest BCUT2D eigenvalue weighted by Gasteiger charge is 2.37. The lowest BCUT2D eigenvalue weighted by Crippen LogP contribution is -2.49. The highest BCUT2D eigenvalue weighted by molar-refractivity contribution is 7.89. The molecular weight excluding hydrogens is 392 g/mol. The van der Waals surface area contributed by atoms with Gasteiger partial charge in [0.2, 0.25) is 15.9 Å². The van der Waals surface area contributed by atoms with Gasteiger partial charge in [-0.15, -0.1) is 0 Å². The summed E-state index contributed by atoms with van der Waals surface area (Å²) in [7, 11) is -2.50. The minimum absolute atomic E-state index is 0.170. The summed E-state index contributed by atoms with van der Waals surface area (Å²) < 4.78 is 32.2. The first-order valence-electron chi connectivity index (χ1n) is 9.41. The van der Waals surface area contributed by atoms with E-state index in [1.54, 1.807) is 37.3 Å². The van der Waals surface area contributed by atoms with Crippen molar-refractivity contribution in [3.63, 3.8) is 0 Å². The van der Waals surface area contributed by atoms with Gasteiger partial charge in [-0.2, -0.15) is 4.31 Å². The standard InChI is InChI=1S/C21H24N2O5S/c1-15-11-12-16(21(25)28-2)14-18(15)22-20(24)19-10-6-7-13-23(19)29(26,27)17-8-4-3-5-9-17/h3-5,8-9,11-12,14,19H,6-7,10,13H2,1-2H3,(H,22,24). The van der Waals surface area contributed by atoms with Gasteiger partial charge in [-0.05, 0) is 49.6 Å². The maximum Gasteiger partial charge on any atom is 0.337 e. The van der Waals surface area contributed by atoms with Gasteiger partial charge in [0.05, 0.1) is 17.6 Å². The number of hydrogen-bond donors (Lipinski definition) is 1. The number of aryl methyl sites for hydroxylation is 1. The number of benzene rings is 2. The van der Waals surface area contributed by atoms with Crippen molar-refractivity contribution in [2.75, 3.05) is 19.0 Å². The molecule has 1 fully saturated rings. The van der Waals surface area contributed by atoms with Gasteiger partial charge >= 0.3 is 5.97 Å². The Hall–Kier alpha value is -2.71. The zero-order chi connectivity index (χ0) is 21.0. The van der Waals surface area contributed by atoms with Crippen molar-refractivity contribution >= 4 is 27.6 Å². The molecule has 0 aliphatic carbocycles. The molecule has 1 aliphatic rings. The van der Waals surface area contributed by atoms with Crippen molar-refractivity contribution in [3.8, 4) is 0 Å². The number of methoxy groups -OCH3 is 1. The summed E-state index contributed by atoms with van der Waals surface area (Å²) in [6, 6.07) is 12.2. The fourth-order valence-corrected chi connectivity index (χ4v) is 5.08. The third-order valence-corrected chi connectivity index (χ3v) is 6.95. The Bertz CT molecular complexity index is 1000. The maximum absolute atomic E-state index is 13.1. The fraction of sp³-hybridized carbons (Fsp3) is 0.333. The Kier molecular flexibility index (Phi) is 6.34. The van der Waals surface area contributed by atoms with Crippen LogP contribution in [0.25, 0.3) is 0 Å². The van der Waals surface area contributed by atoms with Crippen LogP contribution in [0.1, 0.15) is 35.2 Å². The third-order valence-electron chi connectivity index (χ3n) is 5.02. The second kappa shape index (κ2) is 8.75. The second-order valence-corrected chi connectivity index (χ2v) is 8.84. The van der Waals surface area contributed by atoms with Crippen LogP contribution >= 0.6 is 0 Å². The molecule has 0 bridgehead atoms. The molecule has 2 aromatic rings. The van der Waals surface area contributed by atoms with Crippen molar-refractivity contribution in [2.24, 2.45) is 0 Å². The molecule has 1 N–H and O–H groups in total. The Morgan fingerprint density at radius 1 is 1.10 bits per heavy atom.